The maximum absolute atomic E-state index is 9.97. The van der Waals surface area contributed by atoms with Gasteiger partial charge in [0.05, 0.1) is 0 Å². The van der Waals surface area contributed by atoms with Gasteiger partial charge in [0, 0.05) is 11.5 Å². The third kappa shape index (κ3) is 1.58. The molecule has 0 saturated heterocycles. The summed E-state index contributed by atoms with van der Waals surface area (Å²) in [6.07, 6.45) is 7.02. The monoisotopic (exact) mass is 231 g/mol. The molecule has 0 bridgehead atoms. The van der Waals surface area contributed by atoms with Crippen molar-refractivity contribution < 1.29 is 5.11 Å². The summed E-state index contributed by atoms with van der Waals surface area (Å²) in [4.78, 5) is 0. The molecule has 3 rings (SSSR count). The van der Waals surface area contributed by atoms with Gasteiger partial charge in [0.1, 0.15) is 5.75 Å². The van der Waals surface area contributed by atoms with Crippen molar-refractivity contribution in [1.82, 2.24) is 0 Å². The standard InChI is InChI=1S/C15H21NO/c1-10(16)15(8-9-15)13-6-7-14(17)12-5-3-2-4-11(12)13/h6-7,10,17H,2-5,8-9,16H2,1H3. The van der Waals surface area contributed by atoms with Gasteiger partial charge >= 0.3 is 0 Å². The maximum Gasteiger partial charge on any atom is 0.119 e. The number of nitrogens with two attached hydrogens (primary N) is 1. The number of hydrogen-bond donors (Lipinski definition) is 2. The molecule has 1 saturated carbocycles. The zero-order valence-corrected chi connectivity index (χ0v) is 10.5. The molecule has 1 atom stereocenters. The van der Waals surface area contributed by atoms with Gasteiger partial charge in [-0.1, -0.05) is 6.07 Å². The number of fused-ring (bicyclic) bond motifs is 1. The van der Waals surface area contributed by atoms with Crippen LogP contribution >= 0.6 is 0 Å². The molecule has 0 radical (unpaired) electrons. The number of aromatic hydroxyl groups is 1. The summed E-state index contributed by atoms with van der Waals surface area (Å²) in [5.41, 5.74) is 10.4. The maximum atomic E-state index is 9.97. The Hall–Kier alpha value is -1.02. The predicted molar refractivity (Wildman–Crippen MR) is 69.3 cm³/mol. The molecule has 0 aromatic heterocycles. The second kappa shape index (κ2) is 3.74. The normalized spacial score (nSPS) is 22.9. The average Bonchev–Trinajstić information content (AvgIpc) is 3.11. The van der Waals surface area contributed by atoms with Crippen LogP contribution in [0, 0.1) is 0 Å². The van der Waals surface area contributed by atoms with Crippen molar-refractivity contribution in [2.45, 2.75) is 56.9 Å². The second-order valence-electron chi connectivity index (χ2n) is 5.74. The molecule has 2 aliphatic carbocycles. The first-order valence-corrected chi connectivity index (χ1v) is 6.75. The van der Waals surface area contributed by atoms with Crippen LogP contribution in [0.5, 0.6) is 5.75 Å². The highest BCUT2D eigenvalue weighted by atomic mass is 16.3. The topological polar surface area (TPSA) is 46.2 Å². The predicted octanol–water partition coefficient (Wildman–Crippen LogP) is 2.65. The first-order valence-electron chi connectivity index (χ1n) is 6.75. The minimum atomic E-state index is 0.217. The van der Waals surface area contributed by atoms with Crippen molar-refractivity contribution in [1.29, 1.82) is 0 Å². The first kappa shape index (κ1) is 11.1. The summed E-state index contributed by atoms with van der Waals surface area (Å²) in [5.74, 6) is 0.490. The second-order valence-corrected chi connectivity index (χ2v) is 5.74. The van der Waals surface area contributed by atoms with E-state index in [4.69, 9.17) is 5.73 Å². The molecule has 3 N–H and O–H groups in total. The third-order valence-electron chi connectivity index (χ3n) is 4.71. The summed E-state index contributed by atoms with van der Waals surface area (Å²) < 4.78 is 0. The van der Waals surface area contributed by atoms with Gasteiger partial charge < -0.3 is 10.8 Å². The van der Waals surface area contributed by atoms with E-state index in [-0.39, 0.29) is 11.5 Å². The van der Waals surface area contributed by atoms with E-state index in [9.17, 15) is 5.11 Å². The Bertz CT molecular complexity index is 446. The Kier molecular flexibility index (Phi) is 2.44. The van der Waals surface area contributed by atoms with Gasteiger partial charge in [-0.2, -0.15) is 0 Å². The van der Waals surface area contributed by atoms with E-state index in [1.54, 1.807) is 0 Å². The molecule has 0 aliphatic heterocycles. The fourth-order valence-electron chi connectivity index (χ4n) is 3.42. The van der Waals surface area contributed by atoms with Crippen LogP contribution in [0.15, 0.2) is 12.1 Å². The molecule has 1 unspecified atom stereocenters. The van der Waals surface area contributed by atoms with Gasteiger partial charge in [0.15, 0.2) is 0 Å². The highest BCUT2D eigenvalue weighted by Crippen LogP contribution is 2.53. The summed E-state index contributed by atoms with van der Waals surface area (Å²) in [5, 5.41) is 9.97. The Balaban J connectivity index is 2.12. The molecular weight excluding hydrogens is 210 g/mol. The Morgan fingerprint density at radius 3 is 2.41 bits per heavy atom. The van der Waals surface area contributed by atoms with Crippen molar-refractivity contribution in [3.63, 3.8) is 0 Å². The SMILES string of the molecule is CC(N)C1(c2ccc(O)c3c2CCCC3)CC1. The molecular formula is C15H21NO. The third-order valence-corrected chi connectivity index (χ3v) is 4.71. The van der Waals surface area contributed by atoms with E-state index in [2.05, 4.69) is 13.0 Å². The summed E-state index contributed by atoms with van der Waals surface area (Å²) in [6, 6.07) is 4.22. The number of hydrogen-bond acceptors (Lipinski definition) is 2. The Labute approximate surface area is 103 Å². The largest absolute Gasteiger partial charge is 0.508 e. The van der Waals surface area contributed by atoms with E-state index in [0.717, 1.165) is 12.8 Å². The van der Waals surface area contributed by atoms with Gasteiger partial charge in [-0.05, 0) is 68.2 Å². The quantitative estimate of drug-likeness (QED) is 0.822. The lowest BCUT2D eigenvalue weighted by atomic mass is 9.79. The molecule has 0 amide bonds. The molecule has 0 spiro atoms. The average molecular weight is 231 g/mol. The van der Waals surface area contributed by atoms with Gasteiger partial charge in [-0.3, -0.25) is 0 Å². The van der Waals surface area contributed by atoms with Crippen LogP contribution in [0.1, 0.15) is 49.3 Å². The molecule has 2 nitrogen and oxygen atoms in total. The lowest BCUT2D eigenvalue weighted by Gasteiger charge is -2.27. The number of rotatable bonds is 2. The number of phenols is 1. The van der Waals surface area contributed by atoms with Gasteiger partial charge in [-0.25, -0.2) is 0 Å². The van der Waals surface area contributed by atoms with Crippen LogP contribution in [-0.2, 0) is 18.3 Å². The molecule has 0 heterocycles. The minimum absolute atomic E-state index is 0.217. The van der Waals surface area contributed by atoms with E-state index >= 15 is 0 Å². The summed E-state index contributed by atoms with van der Waals surface area (Å²) >= 11 is 0. The van der Waals surface area contributed by atoms with Crippen molar-refractivity contribution in [3.05, 3.63) is 28.8 Å². The molecule has 1 aromatic rings. The fraction of sp³-hybridized carbons (Fsp3) is 0.600. The van der Waals surface area contributed by atoms with Crippen LogP contribution in [-0.4, -0.2) is 11.1 Å². The van der Waals surface area contributed by atoms with Crippen LogP contribution in [0.3, 0.4) is 0 Å². The molecule has 17 heavy (non-hydrogen) atoms. The van der Waals surface area contributed by atoms with Crippen molar-refractivity contribution in [2.75, 3.05) is 0 Å². The van der Waals surface area contributed by atoms with E-state index in [0.29, 0.717) is 5.75 Å². The van der Waals surface area contributed by atoms with Crippen LogP contribution in [0.4, 0.5) is 0 Å². The number of phenolic OH excluding ortho intramolecular Hbond substituents is 1. The van der Waals surface area contributed by atoms with Crippen LogP contribution in [0.25, 0.3) is 0 Å². The minimum Gasteiger partial charge on any atom is -0.508 e. The highest BCUT2D eigenvalue weighted by Gasteiger charge is 2.48. The first-order chi connectivity index (χ1) is 8.15. The lowest BCUT2D eigenvalue weighted by Crippen LogP contribution is -2.33. The van der Waals surface area contributed by atoms with Crippen LogP contribution in [0.2, 0.25) is 0 Å². The Morgan fingerprint density at radius 1 is 1.18 bits per heavy atom. The fourth-order valence-corrected chi connectivity index (χ4v) is 3.42. The molecule has 92 valence electrons. The van der Waals surface area contributed by atoms with Gasteiger partial charge in [-0.15, -0.1) is 0 Å². The lowest BCUT2D eigenvalue weighted by molar-refractivity contribution is 0.458. The molecule has 2 heteroatoms. The van der Waals surface area contributed by atoms with E-state index in [1.165, 1.54) is 42.4 Å². The van der Waals surface area contributed by atoms with Crippen LogP contribution < -0.4 is 5.73 Å². The molecule has 1 fully saturated rings. The zero-order valence-electron chi connectivity index (χ0n) is 10.5. The zero-order chi connectivity index (χ0) is 12.0. The van der Waals surface area contributed by atoms with Gasteiger partial charge in [0.2, 0.25) is 0 Å². The highest BCUT2D eigenvalue weighted by molar-refractivity contribution is 5.51. The van der Waals surface area contributed by atoms with E-state index < -0.39 is 0 Å². The Morgan fingerprint density at radius 2 is 1.82 bits per heavy atom. The number of benzene rings is 1. The smallest absolute Gasteiger partial charge is 0.119 e. The van der Waals surface area contributed by atoms with Crippen molar-refractivity contribution in [3.8, 4) is 5.75 Å². The molecule has 1 aromatic carbocycles. The van der Waals surface area contributed by atoms with Crippen molar-refractivity contribution in [2.24, 2.45) is 5.73 Å². The van der Waals surface area contributed by atoms with E-state index in [1.807, 2.05) is 6.07 Å². The van der Waals surface area contributed by atoms with Gasteiger partial charge in [0.25, 0.3) is 0 Å². The summed E-state index contributed by atoms with van der Waals surface area (Å²) in [6.45, 7) is 2.12. The molecule has 2 aliphatic rings. The van der Waals surface area contributed by atoms with Crippen molar-refractivity contribution >= 4 is 0 Å². The summed E-state index contributed by atoms with van der Waals surface area (Å²) in [7, 11) is 0.